The summed E-state index contributed by atoms with van der Waals surface area (Å²) < 4.78 is 0. The summed E-state index contributed by atoms with van der Waals surface area (Å²) in [6.07, 6.45) is 2.19. The second kappa shape index (κ2) is 6.88. The van der Waals surface area contributed by atoms with Gasteiger partial charge in [-0.2, -0.15) is 0 Å². The SMILES string of the molecule is CCCC(N)CN.N. The van der Waals surface area contributed by atoms with Crippen molar-refractivity contribution in [2.24, 2.45) is 11.5 Å². The monoisotopic (exact) mass is 119 g/mol. The van der Waals surface area contributed by atoms with Gasteiger partial charge in [-0.15, -0.1) is 0 Å². The number of hydrogen-bond donors (Lipinski definition) is 3. The lowest BCUT2D eigenvalue weighted by atomic mass is 10.2. The highest BCUT2D eigenvalue weighted by atomic mass is 14.7. The van der Waals surface area contributed by atoms with Gasteiger partial charge in [0.2, 0.25) is 0 Å². The van der Waals surface area contributed by atoms with Crippen LogP contribution in [0.5, 0.6) is 0 Å². The molecule has 3 nitrogen and oxygen atoms in total. The van der Waals surface area contributed by atoms with E-state index in [-0.39, 0.29) is 12.2 Å². The molecule has 0 saturated heterocycles. The Bertz CT molecular complexity index is 38.7. The molecule has 0 radical (unpaired) electrons. The summed E-state index contributed by atoms with van der Waals surface area (Å²) in [5, 5.41) is 0. The van der Waals surface area contributed by atoms with Gasteiger partial charge in [0.05, 0.1) is 0 Å². The van der Waals surface area contributed by atoms with Gasteiger partial charge in [-0.25, -0.2) is 0 Å². The zero-order valence-electron chi connectivity index (χ0n) is 5.56. The van der Waals surface area contributed by atoms with Crippen molar-refractivity contribution >= 4 is 0 Å². The molecular weight excluding hydrogens is 102 g/mol. The zero-order chi connectivity index (χ0) is 5.70. The third-order valence-electron chi connectivity index (χ3n) is 0.962. The van der Waals surface area contributed by atoms with E-state index in [0.29, 0.717) is 6.54 Å². The summed E-state index contributed by atoms with van der Waals surface area (Å²) in [4.78, 5) is 0. The summed E-state index contributed by atoms with van der Waals surface area (Å²) in [6, 6.07) is 0.227. The molecule has 0 aliphatic rings. The predicted molar refractivity (Wildman–Crippen MR) is 37.0 cm³/mol. The molecule has 1 unspecified atom stereocenters. The van der Waals surface area contributed by atoms with Gasteiger partial charge in [0.15, 0.2) is 0 Å². The van der Waals surface area contributed by atoms with Crippen LogP contribution >= 0.6 is 0 Å². The molecule has 52 valence electrons. The van der Waals surface area contributed by atoms with E-state index in [2.05, 4.69) is 6.92 Å². The van der Waals surface area contributed by atoms with Gasteiger partial charge in [-0.3, -0.25) is 0 Å². The minimum atomic E-state index is 0. The average molecular weight is 119 g/mol. The molecule has 0 heterocycles. The zero-order valence-corrected chi connectivity index (χ0v) is 5.56. The molecule has 0 aromatic rings. The Morgan fingerprint density at radius 3 is 2.12 bits per heavy atom. The van der Waals surface area contributed by atoms with Gasteiger partial charge in [-0.05, 0) is 6.42 Å². The predicted octanol–water partition coefficient (Wildman–Crippen LogP) is 0.235. The Morgan fingerprint density at radius 2 is 2.00 bits per heavy atom. The molecule has 0 aliphatic carbocycles. The minimum Gasteiger partial charge on any atom is -0.344 e. The van der Waals surface area contributed by atoms with Crippen molar-refractivity contribution in [1.82, 2.24) is 6.15 Å². The first-order valence-electron chi connectivity index (χ1n) is 2.77. The summed E-state index contributed by atoms with van der Waals surface area (Å²) >= 11 is 0. The van der Waals surface area contributed by atoms with Crippen molar-refractivity contribution in [3.05, 3.63) is 0 Å². The molecule has 7 N–H and O–H groups in total. The molecule has 0 bridgehead atoms. The van der Waals surface area contributed by atoms with Crippen molar-refractivity contribution in [3.63, 3.8) is 0 Å². The van der Waals surface area contributed by atoms with E-state index in [0.717, 1.165) is 12.8 Å². The van der Waals surface area contributed by atoms with Crippen LogP contribution in [0.3, 0.4) is 0 Å². The Balaban J connectivity index is 0. The van der Waals surface area contributed by atoms with Crippen LogP contribution in [0, 0.1) is 0 Å². The molecule has 3 heteroatoms. The first-order chi connectivity index (χ1) is 3.31. The molecule has 0 aromatic carbocycles. The van der Waals surface area contributed by atoms with Gasteiger partial charge in [0.25, 0.3) is 0 Å². The van der Waals surface area contributed by atoms with Crippen LogP contribution < -0.4 is 17.6 Å². The van der Waals surface area contributed by atoms with Crippen LogP contribution in [-0.2, 0) is 0 Å². The largest absolute Gasteiger partial charge is 0.344 e. The second-order valence-electron chi connectivity index (χ2n) is 1.78. The lowest BCUT2D eigenvalue weighted by molar-refractivity contribution is 0.612. The highest BCUT2D eigenvalue weighted by Gasteiger charge is 1.93. The molecule has 8 heavy (non-hydrogen) atoms. The van der Waals surface area contributed by atoms with Crippen LogP contribution in [-0.4, -0.2) is 12.6 Å². The second-order valence-corrected chi connectivity index (χ2v) is 1.78. The first-order valence-corrected chi connectivity index (χ1v) is 2.77. The van der Waals surface area contributed by atoms with Crippen molar-refractivity contribution in [3.8, 4) is 0 Å². The van der Waals surface area contributed by atoms with E-state index < -0.39 is 0 Å². The highest BCUT2D eigenvalue weighted by Crippen LogP contribution is 1.88. The maximum atomic E-state index is 5.46. The van der Waals surface area contributed by atoms with E-state index in [9.17, 15) is 0 Å². The average Bonchev–Trinajstić information content (AvgIpc) is 1.68. The Kier molecular flexibility index (Phi) is 9.28. The van der Waals surface area contributed by atoms with Gasteiger partial charge < -0.3 is 17.6 Å². The molecule has 0 aliphatic heterocycles. The lowest BCUT2D eigenvalue weighted by Gasteiger charge is -2.03. The summed E-state index contributed by atoms with van der Waals surface area (Å²) in [7, 11) is 0. The van der Waals surface area contributed by atoms with E-state index in [1.54, 1.807) is 0 Å². The fraction of sp³-hybridized carbons (Fsp3) is 1.00. The van der Waals surface area contributed by atoms with Crippen LogP contribution in [0.1, 0.15) is 19.8 Å². The smallest absolute Gasteiger partial charge is 0.0162 e. The van der Waals surface area contributed by atoms with Crippen LogP contribution in [0.4, 0.5) is 0 Å². The fourth-order valence-corrected chi connectivity index (χ4v) is 0.489. The Labute approximate surface area is 51.0 Å². The van der Waals surface area contributed by atoms with Crippen molar-refractivity contribution in [2.45, 2.75) is 25.8 Å². The Hall–Kier alpha value is -0.120. The standard InChI is InChI=1S/C5H14N2.H3N/c1-2-3-5(7)4-6;/h5H,2-4,6-7H2,1H3;1H3. The van der Waals surface area contributed by atoms with E-state index in [4.69, 9.17) is 11.5 Å². The number of nitrogens with two attached hydrogens (primary N) is 2. The van der Waals surface area contributed by atoms with Crippen molar-refractivity contribution < 1.29 is 0 Å². The number of rotatable bonds is 3. The van der Waals surface area contributed by atoms with Gasteiger partial charge in [-0.1, -0.05) is 13.3 Å². The third-order valence-corrected chi connectivity index (χ3v) is 0.962. The molecule has 0 fully saturated rings. The Morgan fingerprint density at radius 1 is 1.50 bits per heavy atom. The normalized spacial score (nSPS) is 12.4. The fourth-order valence-electron chi connectivity index (χ4n) is 0.489. The van der Waals surface area contributed by atoms with Crippen LogP contribution in [0.2, 0.25) is 0 Å². The van der Waals surface area contributed by atoms with Gasteiger partial charge in [0, 0.05) is 12.6 Å². The van der Waals surface area contributed by atoms with Gasteiger partial charge in [0.1, 0.15) is 0 Å². The molecule has 0 amide bonds. The third kappa shape index (κ3) is 5.88. The maximum Gasteiger partial charge on any atom is 0.0162 e. The minimum absolute atomic E-state index is 0. The lowest BCUT2D eigenvalue weighted by Crippen LogP contribution is -2.28. The van der Waals surface area contributed by atoms with Crippen LogP contribution in [0.15, 0.2) is 0 Å². The molecule has 0 rings (SSSR count). The quantitative estimate of drug-likeness (QED) is 0.497. The molecule has 0 aromatic heterocycles. The summed E-state index contributed by atoms with van der Waals surface area (Å²) in [6.45, 7) is 2.73. The van der Waals surface area contributed by atoms with Crippen molar-refractivity contribution in [2.75, 3.05) is 6.54 Å². The molecular formula is C5H17N3. The first kappa shape index (κ1) is 10.8. The maximum absolute atomic E-state index is 5.46. The summed E-state index contributed by atoms with van der Waals surface area (Å²) in [5.74, 6) is 0. The molecule has 0 saturated carbocycles. The van der Waals surface area contributed by atoms with Crippen molar-refractivity contribution in [1.29, 1.82) is 0 Å². The van der Waals surface area contributed by atoms with E-state index in [1.165, 1.54) is 0 Å². The number of hydrogen-bond acceptors (Lipinski definition) is 3. The highest BCUT2D eigenvalue weighted by molar-refractivity contribution is 4.58. The van der Waals surface area contributed by atoms with Crippen LogP contribution in [0.25, 0.3) is 0 Å². The van der Waals surface area contributed by atoms with E-state index >= 15 is 0 Å². The molecule has 0 spiro atoms. The topological polar surface area (TPSA) is 87.0 Å². The molecule has 1 atom stereocenters. The van der Waals surface area contributed by atoms with Gasteiger partial charge >= 0.3 is 0 Å². The van der Waals surface area contributed by atoms with E-state index in [1.807, 2.05) is 0 Å². The summed E-state index contributed by atoms with van der Waals surface area (Å²) in [5.41, 5.74) is 10.7.